The lowest BCUT2D eigenvalue weighted by Gasteiger charge is -2.26. The van der Waals surface area contributed by atoms with Crippen LogP contribution in [0.2, 0.25) is 0 Å². The average molecular weight is 385 g/mol. The Morgan fingerprint density at radius 2 is 1.62 bits per heavy atom. The Hall–Kier alpha value is -3.93. The first kappa shape index (κ1) is 18.4. The van der Waals surface area contributed by atoms with Crippen LogP contribution in [0.1, 0.15) is 16.7 Å². The van der Waals surface area contributed by atoms with Crippen molar-refractivity contribution in [1.29, 1.82) is 0 Å². The SMILES string of the molecule is Cc1ccc(N2C(=O)NC(=O)/C(=C/c3ccn(-c4ccccc4)c3)C2=O)cc1C. The summed E-state index contributed by atoms with van der Waals surface area (Å²) in [6.45, 7) is 3.85. The van der Waals surface area contributed by atoms with E-state index in [1.165, 1.54) is 6.08 Å². The topological polar surface area (TPSA) is 71.4 Å². The largest absolute Gasteiger partial charge is 0.335 e. The summed E-state index contributed by atoms with van der Waals surface area (Å²) in [5.74, 6) is -1.35. The van der Waals surface area contributed by atoms with Gasteiger partial charge in [-0.1, -0.05) is 24.3 Å². The number of carbonyl (C=O) groups is 3. The van der Waals surface area contributed by atoms with E-state index in [1.54, 1.807) is 18.2 Å². The van der Waals surface area contributed by atoms with Gasteiger partial charge in [-0.05, 0) is 66.9 Å². The standard InChI is InChI=1S/C23H19N3O3/c1-15-8-9-19(12-16(15)2)26-22(28)20(21(27)24-23(26)29)13-17-10-11-25(14-17)18-6-4-3-5-7-18/h3-14H,1-2H3,(H,24,27,29)/b20-13-. The first-order valence-corrected chi connectivity index (χ1v) is 9.16. The summed E-state index contributed by atoms with van der Waals surface area (Å²) in [6, 6.07) is 16.0. The molecule has 1 saturated heterocycles. The molecule has 1 N–H and O–H groups in total. The number of hydrogen-bond donors (Lipinski definition) is 1. The Morgan fingerprint density at radius 3 is 2.34 bits per heavy atom. The molecule has 144 valence electrons. The molecule has 0 atom stereocenters. The molecule has 0 unspecified atom stereocenters. The molecule has 4 rings (SSSR count). The number of anilines is 1. The van der Waals surface area contributed by atoms with E-state index in [2.05, 4.69) is 5.32 Å². The number of barbiturate groups is 1. The minimum atomic E-state index is -0.748. The van der Waals surface area contributed by atoms with Gasteiger partial charge in [0.05, 0.1) is 5.69 Å². The number of aromatic nitrogens is 1. The number of amides is 4. The minimum absolute atomic E-state index is 0.0892. The Bertz CT molecular complexity index is 1160. The molecule has 6 nitrogen and oxygen atoms in total. The smallest absolute Gasteiger partial charge is 0.323 e. The van der Waals surface area contributed by atoms with Gasteiger partial charge in [-0.15, -0.1) is 0 Å². The first-order valence-electron chi connectivity index (χ1n) is 9.16. The Morgan fingerprint density at radius 1 is 0.862 bits per heavy atom. The van der Waals surface area contributed by atoms with Crippen molar-refractivity contribution in [3.63, 3.8) is 0 Å². The van der Waals surface area contributed by atoms with Crippen LogP contribution in [0.5, 0.6) is 0 Å². The summed E-state index contributed by atoms with van der Waals surface area (Å²) in [7, 11) is 0. The van der Waals surface area contributed by atoms with E-state index in [1.807, 2.05) is 67.2 Å². The fourth-order valence-corrected chi connectivity index (χ4v) is 3.18. The maximum atomic E-state index is 13.0. The molecule has 3 aromatic rings. The molecule has 1 aromatic heterocycles. The van der Waals surface area contributed by atoms with Crippen molar-refractivity contribution < 1.29 is 14.4 Å². The molecule has 1 aliphatic heterocycles. The third-order valence-corrected chi connectivity index (χ3v) is 4.93. The van der Waals surface area contributed by atoms with Crippen LogP contribution >= 0.6 is 0 Å². The predicted octanol–water partition coefficient (Wildman–Crippen LogP) is 3.76. The zero-order valence-electron chi connectivity index (χ0n) is 16.0. The molecule has 0 aliphatic carbocycles. The molecule has 1 aliphatic rings. The molecular weight excluding hydrogens is 366 g/mol. The zero-order chi connectivity index (χ0) is 20.5. The maximum absolute atomic E-state index is 13.0. The van der Waals surface area contributed by atoms with Gasteiger partial charge in [-0.3, -0.25) is 14.9 Å². The molecule has 0 saturated carbocycles. The molecule has 1 fully saturated rings. The number of aryl methyl sites for hydroxylation is 2. The van der Waals surface area contributed by atoms with Crippen molar-refractivity contribution in [1.82, 2.24) is 9.88 Å². The van der Waals surface area contributed by atoms with Gasteiger partial charge in [0, 0.05) is 18.1 Å². The van der Waals surface area contributed by atoms with Crippen molar-refractivity contribution in [2.24, 2.45) is 0 Å². The van der Waals surface area contributed by atoms with E-state index in [9.17, 15) is 14.4 Å². The van der Waals surface area contributed by atoms with Gasteiger partial charge in [0.15, 0.2) is 0 Å². The lowest BCUT2D eigenvalue weighted by molar-refractivity contribution is -0.122. The van der Waals surface area contributed by atoms with Crippen molar-refractivity contribution in [2.45, 2.75) is 13.8 Å². The van der Waals surface area contributed by atoms with E-state index in [-0.39, 0.29) is 5.57 Å². The van der Waals surface area contributed by atoms with E-state index >= 15 is 0 Å². The van der Waals surface area contributed by atoms with Gasteiger partial charge < -0.3 is 4.57 Å². The molecular formula is C23H19N3O3. The summed E-state index contributed by atoms with van der Waals surface area (Å²) in [6.07, 6.45) is 5.16. The van der Waals surface area contributed by atoms with Gasteiger partial charge in [0.2, 0.25) is 0 Å². The highest BCUT2D eigenvalue weighted by molar-refractivity contribution is 6.39. The molecule has 4 amide bonds. The van der Waals surface area contributed by atoms with Crippen molar-refractivity contribution >= 4 is 29.6 Å². The van der Waals surface area contributed by atoms with E-state index in [0.717, 1.165) is 21.7 Å². The van der Waals surface area contributed by atoms with E-state index in [4.69, 9.17) is 0 Å². The summed E-state index contributed by atoms with van der Waals surface area (Å²) < 4.78 is 1.89. The number of hydrogen-bond acceptors (Lipinski definition) is 3. The third-order valence-electron chi connectivity index (χ3n) is 4.93. The summed E-state index contributed by atoms with van der Waals surface area (Å²) in [5, 5.41) is 2.25. The number of para-hydroxylation sites is 1. The Balaban J connectivity index is 1.69. The Kier molecular flexibility index (Phi) is 4.60. The highest BCUT2D eigenvalue weighted by Gasteiger charge is 2.36. The quantitative estimate of drug-likeness (QED) is 0.551. The summed E-state index contributed by atoms with van der Waals surface area (Å²) in [4.78, 5) is 38.7. The number of imide groups is 2. The maximum Gasteiger partial charge on any atom is 0.335 e. The van der Waals surface area contributed by atoms with Gasteiger partial charge in [-0.2, -0.15) is 0 Å². The van der Waals surface area contributed by atoms with Crippen LogP contribution in [0.15, 0.2) is 72.6 Å². The highest BCUT2D eigenvalue weighted by atomic mass is 16.2. The second kappa shape index (κ2) is 7.24. The molecule has 0 bridgehead atoms. The fraction of sp³-hybridized carbons (Fsp3) is 0.0870. The fourth-order valence-electron chi connectivity index (χ4n) is 3.18. The molecule has 0 radical (unpaired) electrons. The lowest BCUT2D eigenvalue weighted by Crippen LogP contribution is -2.54. The van der Waals surface area contributed by atoms with Gasteiger partial charge in [0.25, 0.3) is 11.8 Å². The highest BCUT2D eigenvalue weighted by Crippen LogP contribution is 2.24. The van der Waals surface area contributed by atoms with Crippen molar-refractivity contribution in [2.75, 3.05) is 4.90 Å². The van der Waals surface area contributed by atoms with Crippen molar-refractivity contribution in [3.05, 3.63) is 89.3 Å². The average Bonchev–Trinajstić information content (AvgIpc) is 3.17. The van der Waals surface area contributed by atoms with E-state index < -0.39 is 17.8 Å². The Labute approximate surface area is 168 Å². The monoisotopic (exact) mass is 385 g/mol. The molecule has 6 heteroatoms. The number of urea groups is 1. The molecule has 2 aromatic carbocycles. The number of nitrogens with one attached hydrogen (secondary N) is 1. The second-order valence-corrected chi connectivity index (χ2v) is 6.91. The van der Waals surface area contributed by atoms with Gasteiger partial charge in [0.1, 0.15) is 5.57 Å². The third kappa shape index (κ3) is 3.48. The van der Waals surface area contributed by atoms with Crippen LogP contribution in [-0.4, -0.2) is 22.4 Å². The second-order valence-electron chi connectivity index (χ2n) is 6.91. The van der Waals surface area contributed by atoms with Crippen molar-refractivity contribution in [3.8, 4) is 5.69 Å². The number of carbonyl (C=O) groups excluding carboxylic acids is 3. The number of rotatable bonds is 3. The number of benzene rings is 2. The zero-order valence-corrected chi connectivity index (χ0v) is 16.0. The van der Waals surface area contributed by atoms with Gasteiger partial charge in [-0.25, -0.2) is 9.69 Å². The van der Waals surface area contributed by atoms with Crippen LogP contribution in [0.25, 0.3) is 11.8 Å². The molecule has 29 heavy (non-hydrogen) atoms. The summed E-state index contributed by atoms with van der Waals surface area (Å²) in [5.41, 5.74) is 3.98. The van der Waals surface area contributed by atoms with Crippen LogP contribution in [0.3, 0.4) is 0 Å². The first-order chi connectivity index (χ1) is 13.9. The van der Waals surface area contributed by atoms with Crippen LogP contribution in [-0.2, 0) is 9.59 Å². The minimum Gasteiger partial charge on any atom is -0.323 e. The van der Waals surface area contributed by atoms with Crippen LogP contribution < -0.4 is 10.2 Å². The normalized spacial score (nSPS) is 15.7. The van der Waals surface area contributed by atoms with Crippen LogP contribution in [0.4, 0.5) is 10.5 Å². The summed E-state index contributed by atoms with van der Waals surface area (Å²) >= 11 is 0. The van der Waals surface area contributed by atoms with Crippen LogP contribution in [0, 0.1) is 13.8 Å². The van der Waals surface area contributed by atoms with Gasteiger partial charge >= 0.3 is 6.03 Å². The van der Waals surface area contributed by atoms with E-state index in [0.29, 0.717) is 11.3 Å². The molecule has 0 spiro atoms. The lowest BCUT2D eigenvalue weighted by atomic mass is 10.1. The predicted molar refractivity (Wildman–Crippen MR) is 111 cm³/mol. The number of nitrogens with zero attached hydrogens (tertiary/aromatic N) is 2. The molecule has 2 heterocycles.